The van der Waals surface area contributed by atoms with E-state index in [1.54, 1.807) is 12.1 Å². The van der Waals surface area contributed by atoms with Gasteiger partial charge in [-0.15, -0.1) is 11.3 Å². The average molecular weight is 401 g/mol. The highest BCUT2D eigenvalue weighted by Crippen LogP contribution is 2.35. The Morgan fingerprint density at radius 3 is 2.46 bits per heavy atom. The highest BCUT2D eigenvalue weighted by molar-refractivity contribution is 7.10. The Kier molecular flexibility index (Phi) is 4.89. The third-order valence-corrected chi connectivity index (χ3v) is 6.48. The van der Waals surface area contributed by atoms with Crippen LogP contribution in [0.25, 0.3) is 0 Å². The van der Waals surface area contributed by atoms with Crippen molar-refractivity contribution >= 4 is 29.2 Å². The molecule has 1 aliphatic carbocycles. The van der Waals surface area contributed by atoms with Crippen LogP contribution in [0.5, 0.6) is 0 Å². The van der Waals surface area contributed by atoms with Gasteiger partial charge in [0.1, 0.15) is 11.4 Å². The van der Waals surface area contributed by atoms with Gasteiger partial charge >= 0.3 is 6.03 Å². The van der Waals surface area contributed by atoms with Gasteiger partial charge in [-0.3, -0.25) is 14.9 Å². The van der Waals surface area contributed by atoms with Gasteiger partial charge in [-0.05, 0) is 54.8 Å². The standard InChI is InChI=1S/C20H20FN3O3S/c21-14-5-3-12(4-6-14)16(15-2-1-11-28-15)22-17(25)13-7-9-20(10-8-13)18(26)23-19(27)24-20/h1-6,11,13,16H,7-10H2,(H,22,25)(H2,23,24,26,27). The molecule has 1 atom stereocenters. The zero-order valence-electron chi connectivity index (χ0n) is 15.0. The number of hydrogen-bond donors (Lipinski definition) is 3. The number of thiophene rings is 1. The Labute approximate surface area is 165 Å². The largest absolute Gasteiger partial charge is 0.344 e. The number of halogens is 1. The van der Waals surface area contributed by atoms with E-state index < -0.39 is 11.6 Å². The number of benzene rings is 1. The van der Waals surface area contributed by atoms with E-state index in [0.29, 0.717) is 25.7 Å². The number of imide groups is 1. The van der Waals surface area contributed by atoms with Crippen molar-refractivity contribution in [3.05, 3.63) is 58.0 Å². The van der Waals surface area contributed by atoms with Crippen LogP contribution in [0.2, 0.25) is 0 Å². The second kappa shape index (κ2) is 7.35. The maximum Gasteiger partial charge on any atom is 0.322 e. The summed E-state index contributed by atoms with van der Waals surface area (Å²) in [7, 11) is 0. The maximum absolute atomic E-state index is 13.3. The Bertz CT molecular complexity index is 890. The molecule has 2 heterocycles. The predicted octanol–water partition coefficient (Wildman–Crippen LogP) is 2.86. The highest BCUT2D eigenvalue weighted by atomic mass is 32.1. The first-order chi connectivity index (χ1) is 13.5. The lowest BCUT2D eigenvalue weighted by Crippen LogP contribution is -2.51. The summed E-state index contributed by atoms with van der Waals surface area (Å²) in [5, 5.41) is 10.0. The average Bonchev–Trinajstić information content (AvgIpc) is 3.30. The fraction of sp³-hybridized carbons (Fsp3) is 0.350. The van der Waals surface area contributed by atoms with Crippen LogP contribution < -0.4 is 16.0 Å². The van der Waals surface area contributed by atoms with E-state index in [2.05, 4.69) is 16.0 Å². The molecule has 1 aliphatic heterocycles. The number of hydrogen-bond acceptors (Lipinski definition) is 4. The lowest BCUT2D eigenvalue weighted by Gasteiger charge is -2.34. The second-order valence-corrected chi connectivity index (χ2v) is 8.25. The van der Waals surface area contributed by atoms with Crippen LogP contribution in [0.15, 0.2) is 41.8 Å². The van der Waals surface area contributed by atoms with Crippen molar-refractivity contribution < 1.29 is 18.8 Å². The minimum atomic E-state index is -0.877. The van der Waals surface area contributed by atoms with E-state index in [9.17, 15) is 18.8 Å². The minimum absolute atomic E-state index is 0.0951. The maximum atomic E-state index is 13.3. The van der Waals surface area contributed by atoms with E-state index >= 15 is 0 Å². The third kappa shape index (κ3) is 3.52. The van der Waals surface area contributed by atoms with Gasteiger partial charge in [-0.1, -0.05) is 18.2 Å². The van der Waals surface area contributed by atoms with Crippen molar-refractivity contribution in [2.24, 2.45) is 5.92 Å². The SMILES string of the molecule is O=C1NC(=O)C2(CCC(C(=O)NC(c3ccc(F)cc3)c3cccs3)CC2)N1. The topological polar surface area (TPSA) is 87.3 Å². The molecule has 4 rings (SSSR count). The Morgan fingerprint density at radius 1 is 1.18 bits per heavy atom. The fourth-order valence-corrected chi connectivity index (χ4v) is 4.75. The van der Waals surface area contributed by atoms with Crippen molar-refractivity contribution in [2.75, 3.05) is 0 Å². The molecule has 2 aromatic rings. The van der Waals surface area contributed by atoms with E-state index in [1.807, 2.05) is 17.5 Å². The normalized spacial score (nSPS) is 25.2. The first-order valence-corrected chi connectivity index (χ1v) is 10.1. The first-order valence-electron chi connectivity index (χ1n) is 9.20. The van der Waals surface area contributed by atoms with Gasteiger partial charge in [0.15, 0.2) is 0 Å². The molecular weight excluding hydrogens is 381 g/mol. The van der Waals surface area contributed by atoms with Gasteiger partial charge in [-0.25, -0.2) is 9.18 Å². The molecule has 1 aromatic carbocycles. The molecule has 1 spiro atoms. The molecule has 1 aromatic heterocycles. The summed E-state index contributed by atoms with van der Waals surface area (Å²) in [5.74, 6) is -0.963. The van der Waals surface area contributed by atoms with Gasteiger partial charge in [0, 0.05) is 10.8 Å². The summed E-state index contributed by atoms with van der Waals surface area (Å²) in [4.78, 5) is 37.4. The zero-order chi connectivity index (χ0) is 19.7. The molecule has 1 saturated heterocycles. The van der Waals surface area contributed by atoms with Crippen molar-refractivity contribution in [1.82, 2.24) is 16.0 Å². The molecule has 4 amide bonds. The number of carbonyl (C=O) groups excluding carboxylic acids is 3. The molecule has 0 bridgehead atoms. The Hall–Kier alpha value is -2.74. The van der Waals surface area contributed by atoms with Gasteiger partial charge in [0.25, 0.3) is 5.91 Å². The summed E-state index contributed by atoms with van der Waals surface area (Å²) < 4.78 is 13.3. The molecule has 2 fully saturated rings. The van der Waals surface area contributed by atoms with Crippen LogP contribution in [0.4, 0.5) is 9.18 Å². The monoisotopic (exact) mass is 401 g/mol. The van der Waals surface area contributed by atoms with Crippen molar-refractivity contribution in [1.29, 1.82) is 0 Å². The Balaban J connectivity index is 1.46. The van der Waals surface area contributed by atoms with Crippen LogP contribution in [0, 0.1) is 11.7 Å². The van der Waals surface area contributed by atoms with Crippen molar-refractivity contribution in [2.45, 2.75) is 37.3 Å². The molecule has 6 nitrogen and oxygen atoms in total. The summed E-state index contributed by atoms with van der Waals surface area (Å²) in [6.07, 6.45) is 1.89. The van der Waals surface area contributed by atoms with Crippen LogP contribution in [-0.4, -0.2) is 23.4 Å². The molecule has 2 aliphatic rings. The van der Waals surface area contributed by atoms with Crippen LogP contribution in [-0.2, 0) is 9.59 Å². The number of urea groups is 1. The van der Waals surface area contributed by atoms with Crippen molar-refractivity contribution in [3.63, 3.8) is 0 Å². The molecule has 3 N–H and O–H groups in total. The zero-order valence-corrected chi connectivity index (χ0v) is 15.9. The molecule has 1 unspecified atom stereocenters. The van der Waals surface area contributed by atoms with Crippen LogP contribution in [0.1, 0.15) is 42.2 Å². The Morgan fingerprint density at radius 2 is 1.89 bits per heavy atom. The third-order valence-electron chi connectivity index (χ3n) is 5.54. The smallest absolute Gasteiger partial charge is 0.322 e. The molecule has 28 heavy (non-hydrogen) atoms. The second-order valence-electron chi connectivity index (χ2n) is 7.27. The highest BCUT2D eigenvalue weighted by Gasteiger charge is 2.49. The quantitative estimate of drug-likeness (QED) is 0.689. The molecule has 1 saturated carbocycles. The lowest BCUT2D eigenvalue weighted by molar-refractivity contribution is -0.130. The molecule has 8 heteroatoms. The van der Waals surface area contributed by atoms with Crippen molar-refractivity contribution in [3.8, 4) is 0 Å². The molecule has 146 valence electrons. The summed E-state index contributed by atoms with van der Waals surface area (Å²) in [6, 6.07) is 9.15. The number of nitrogens with one attached hydrogen (secondary N) is 3. The lowest BCUT2D eigenvalue weighted by atomic mass is 9.76. The number of rotatable bonds is 4. The van der Waals surface area contributed by atoms with Crippen LogP contribution in [0.3, 0.4) is 0 Å². The molecule has 0 radical (unpaired) electrons. The fourth-order valence-electron chi connectivity index (χ4n) is 3.94. The first kappa shape index (κ1) is 18.6. The molecular formula is C20H20FN3O3S. The van der Waals surface area contributed by atoms with Gasteiger partial charge in [-0.2, -0.15) is 0 Å². The van der Waals surface area contributed by atoms with E-state index in [0.717, 1.165) is 10.4 Å². The van der Waals surface area contributed by atoms with Gasteiger partial charge < -0.3 is 10.6 Å². The predicted molar refractivity (Wildman–Crippen MR) is 102 cm³/mol. The summed E-state index contributed by atoms with van der Waals surface area (Å²) >= 11 is 1.53. The van der Waals surface area contributed by atoms with E-state index in [-0.39, 0.29) is 29.6 Å². The van der Waals surface area contributed by atoms with Gasteiger partial charge in [0.2, 0.25) is 5.91 Å². The van der Waals surface area contributed by atoms with Gasteiger partial charge in [0.05, 0.1) is 6.04 Å². The minimum Gasteiger partial charge on any atom is -0.344 e. The van der Waals surface area contributed by atoms with Crippen LogP contribution >= 0.6 is 11.3 Å². The summed E-state index contributed by atoms with van der Waals surface area (Å²) in [6.45, 7) is 0. The number of amides is 4. The van der Waals surface area contributed by atoms with E-state index in [1.165, 1.54) is 23.5 Å². The van der Waals surface area contributed by atoms with E-state index in [4.69, 9.17) is 0 Å². The number of carbonyl (C=O) groups is 3. The summed E-state index contributed by atoms with van der Waals surface area (Å²) in [5.41, 5.74) is -0.0651.